The molecule has 0 amide bonds. The molecule has 1 unspecified atom stereocenters. The Bertz CT molecular complexity index is 272. The van der Waals surface area contributed by atoms with Gasteiger partial charge in [0.05, 0.1) is 0 Å². The van der Waals surface area contributed by atoms with Crippen LogP contribution < -0.4 is 0 Å². The average molecular weight is 268 g/mol. The molecule has 112 valence electrons. The summed E-state index contributed by atoms with van der Waals surface area (Å²) in [5.41, 5.74) is 0.196. The fourth-order valence-electron chi connectivity index (χ4n) is 3.90. The van der Waals surface area contributed by atoms with Gasteiger partial charge in [-0.05, 0) is 52.2 Å². The molecule has 19 heavy (non-hydrogen) atoms. The maximum absolute atomic E-state index is 9.92. The largest absolute Gasteiger partial charge is 0.396 e. The molecule has 0 aromatic heterocycles. The molecule has 1 saturated heterocycles. The van der Waals surface area contributed by atoms with Crippen molar-refractivity contribution in [3.63, 3.8) is 0 Å². The Labute approximate surface area is 119 Å². The van der Waals surface area contributed by atoms with Crippen LogP contribution in [0.4, 0.5) is 0 Å². The Hall–Kier alpha value is -0.120. The van der Waals surface area contributed by atoms with Crippen LogP contribution in [-0.2, 0) is 0 Å². The zero-order chi connectivity index (χ0) is 13.9. The molecule has 1 heterocycles. The second-order valence-corrected chi connectivity index (χ2v) is 7.37. The van der Waals surface area contributed by atoms with Crippen LogP contribution >= 0.6 is 0 Å². The minimum atomic E-state index is 0.196. The van der Waals surface area contributed by atoms with E-state index in [9.17, 15) is 5.11 Å². The molecule has 0 aromatic rings. The van der Waals surface area contributed by atoms with Crippen LogP contribution in [-0.4, -0.2) is 61.3 Å². The zero-order valence-corrected chi connectivity index (χ0v) is 13.1. The third kappa shape index (κ3) is 3.93. The van der Waals surface area contributed by atoms with Gasteiger partial charge in [0.2, 0.25) is 0 Å². The first-order chi connectivity index (χ1) is 9.04. The highest BCUT2D eigenvalue weighted by atomic mass is 16.3. The summed E-state index contributed by atoms with van der Waals surface area (Å²) in [4.78, 5) is 4.96. The molecule has 1 N–H and O–H groups in total. The summed E-state index contributed by atoms with van der Waals surface area (Å²) >= 11 is 0. The number of rotatable bonds is 5. The first-order valence-corrected chi connectivity index (χ1v) is 8.04. The van der Waals surface area contributed by atoms with Crippen molar-refractivity contribution in [1.29, 1.82) is 0 Å². The van der Waals surface area contributed by atoms with Crippen LogP contribution in [0.3, 0.4) is 0 Å². The van der Waals surface area contributed by atoms with Gasteiger partial charge in [0, 0.05) is 31.2 Å². The number of aliphatic hydroxyl groups is 1. The summed E-state index contributed by atoms with van der Waals surface area (Å²) in [6, 6.07) is 0.706. The van der Waals surface area contributed by atoms with Crippen LogP contribution in [0.15, 0.2) is 0 Å². The summed E-state index contributed by atoms with van der Waals surface area (Å²) in [6.07, 6.45) is 7.69. The molecule has 0 aromatic carbocycles. The SMILES string of the molecule is CC1CCC(CO)(CN2CCCC2CN(C)C)CC1. The number of aliphatic hydroxyl groups excluding tert-OH is 1. The van der Waals surface area contributed by atoms with E-state index in [1.54, 1.807) is 0 Å². The Morgan fingerprint density at radius 2 is 1.89 bits per heavy atom. The molecule has 0 bridgehead atoms. The molecule has 3 nitrogen and oxygen atoms in total. The molecule has 2 aliphatic rings. The minimum Gasteiger partial charge on any atom is -0.396 e. The van der Waals surface area contributed by atoms with Gasteiger partial charge in [0.1, 0.15) is 0 Å². The summed E-state index contributed by atoms with van der Waals surface area (Å²) < 4.78 is 0. The quantitative estimate of drug-likeness (QED) is 0.828. The van der Waals surface area contributed by atoms with E-state index in [0.717, 1.165) is 19.0 Å². The third-order valence-corrected chi connectivity index (χ3v) is 5.28. The Balaban J connectivity index is 1.93. The number of hydrogen-bond donors (Lipinski definition) is 1. The molecule has 0 spiro atoms. The molecule has 1 atom stereocenters. The van der Waals surface area contributed by atoms with Crippen molar-refractivity contribution >= 4 is 0 Å². The van der Waals surface area contributed by atoms with Gasteiger partial charge in [-0.2, -0.15) is 0 Å². The maximum atomic E-state index is 9.92. The standard InChI is InChI=1S/C16H32N2O/c1-14-6-8-16(13-19,9-7-14)12-18-10-4-5-15(18)11-17(2)3/h14-15,19H,4-13H2,1-3H3. The van der Waals surface area contributed by atoms with Crippen LogP contribution in [0.1, 0.15) is 45.4 Å². The van der Waals surface area contributed by atoms with Crippen molar-refractivity contribution in [2.75, 3.05) is 40.3 Å². The van der Waals surface area contributed by atoms with Crippen LogP contribution in [0.25, 0.3) is 0 Å². The summed E-state index contributed by atoms with van der Waals surface area (Å²) in [7, 11) is 4.33. The van der Waals surface area contributed by atoms with E-state index in [4.69, 9.17) is 0 Å². The zero-order valence-electron chi connectivity index (χ0n) is 13.1. The van der Waals surface area contributed by atoms with Gasteiger partial charge >= 0.3 is 0 Å². The highest BCUT2D eigenvalue weighted by Gasteiger charge is 2.38. The lowest BCUT2D eigenvalue weighted by Crippen LogP contribution is -2.46. The second-order valence-electron chi connectivity index (χ2n) is 7.37. The molecule has 1 aliphatic heterocycles. The third-order valence-electron chi connectivity index (χ3n) is 5.28. The van der Waals surface area contributed by atoms with Gasteiger partial charge < -0.3 is 10.0 Å². The van der Waals surface area contributed by atoms with Gasteiger partial charge in [0.15, 0.2) is 0 Å². The van der Waals surface area contributed by atoms with Crippen molar-refractivity contribution < 1.29 is 5.11 Å². The lowest BCUT2D eigenvalue weighted by molar-refractivity contribution is 0.0227. The van der Waals surface area contributed by atoms with E-state index in [-0.39, 0.29) is 5.41 Å². The van der Waals surface area contributed by atoms with Gasteiger partial charge in [-0.1, -0.05) is 19.8 Å². The lowest BCUT2D eigenvalue weighted by Gasteiger charge is -2.42. The van der Waals surface area contributed by atoms with E-state index in [1.165, 1.54) is 45.1 Å². The van der Waals surface area contributed by atoms with E-state index >= 15 is 0 Å². The number of hydrogen-bond acceptors (Lipinski definition) is 3. The second kappa shape index (κ2) is 6.55. The topological polar surface area (TPSA) is 26.7 Å². The fourth-order valence-corrected chi connectivity index (χ4v) is 3.90. The molecular formula is C16H32N2O. The van der Waals surface area contributed by atoms with Gasteiger partial charge in [-0.25, -0.2) is 0 Å². The van der Waals surface area contributed by atoms with Gasteiger partial charge in [0.25, 0.3) is 0 Å². The van der Waals surface area contributed by atoms with Crippen molar-refractivity contribution in [1.82, 2.24) is 9.80 Å². The summed E-state index contributed by atoms with van der Waals surface area (Å²) in [6.45, 7) is 6.25. The first kappa shape index (κ1) is 15.3. The first-order valence-electron chi connectivity index (χ1n) is 8.04. The number of likely N-dealkylation sites (N-methyl/N-ethyl adjacent to an activating group) is 1. The highest BCUT2D eigenvalue weighted by Crippen LogP contribution is 2.40. The van der Waals surface area contributed by atoms with Gasteiger partial charge in [-0.15, -0.1) is 0 Å². The molecule has 2 rings (SSSR count). The van der Waals surface area contributed by atoms with Crippen molar-refractivity contribution in [2.45, 2.75) is 51.5 Å². The van der Waals surface area contributed by atoms with Gasteiger partial charge in [-0.3, -0.25) is 4.90 Å². The number of likely N-dealkylation sites (tertiary alicyclic amines) is 1. The van der Waals surface area contributed by atoms with Crippen molar-refractivity contribution in [2.24, 2.45) is 11.3 Å². The van der Waals surface area contributed by atoms with Crippen LogP contribution in [0.5, 0.6) is 0 Å². The molecule has 3 heteroatoms. The molecular weight excluding hydrogens is 236 g/mol. The van der Waals surface area contributed by atoms with Crippen LogP contribution in [0, 0.1) is 11.3 Å². The summed E-state index contributed by atoms with van der Waals surface area (Å²) in [5, 5.41) is 9.92. The number of nitrogens with zero attached hydrogens (tertiary/aromatic N) is 2. The molecule has 1 aliphatic carbocycles. The van der Waals surface area contributed by atoms with E-state index in [0.29, 0.717) is 12.6 Å². The van der Waals surface area contributed by atoms with Crippen molar-refractivity contribution in [3.8, 4) is 0 Å². The van der Waals surface area contributed by atoms with E-state index < -0.39 is 0 Å². The fraction of sp³-hybridized carbons (Fsp3) is 1.00. The Kier molecular flexibility index (Phi) is 5.27. The summed E-state index contributed by atoms with van der Waals surface area (Å²) in [5.74, 6) is 0.857. The average Bonchev–Trinajstić information content (AvgIpc) is 2.79. The van der Waals surface area contributed by atoms with Crippen LogP contribution in [0.2, 0.25) is 0 Å². The Morgan fingerprint density at radius 3 is 2.47 bits per heavy atom. The van der Waals surface area contributed by atoms with Crippen molar-refractivity contribution in [3.05, 3.63) is 0 Å². The monoisotopic (exact) mass is 268 g/mol. The van der Waals surface area contributed by atoms with E-state index in [2.05, 4.69) is 30.8 Å². The normalized spacial score (nSPS) is 37.1. The highest BCUT2D eigenvalue weighted by molar-refractivity contribution is 4.91. The smallest absolute Gasteiger partial charge is 0.0499 e. The minimum absolute atomic E-state index is 0.196. The predicted octanol–water partition coefficient (Wildman–Crippen LogP) is 2.20. The predicted molar refractivity (Wildman–Crippen MR) is 80.3 cm³/mol. The Morgan fingerprint density at radius 1 is 1.21 bits per heavy atom. The molecule has 2 fully saturated rings. The van der Waals surface area contributed by atoms with E-state index in [1.807, 2.05) is 0 Å². The maximum Gasteiger partial charge on any atom is 0.0499 e. The molecule has 0 radical (unpaired) electrons. The lowest BCUT2D eigenvalue weighted by atomic mass is 9.71. The molecule has 1 saturated carbocycles.